The number of benzene rings is 2. The molecule has 0 radical (unpaired) electrons. The number of carbonyl (C=O) groups is 1. The van der Waals surface area contributed by atoms with E-state index in [9.17, 15) is 4.79 Å². The molecule has 4 aromatic rings. The summed E-state index contributed by atoms with van der Waals surface area (Å²) in [7, 11) is 3.58. The molecule has 1 fully saturated rings. The van der Waals surface area contributed by atoms with Crippen LogP contribution in [0.4, 0.5) is 0 Å². The first-order valence-electron chi connectivity index (χ1n) is 11.5. The van der Waals surface area contributed by atoms with E-state index in [4.69, 9.17) is 4.74 Å². The zero-order chi connectivity index (χ0) is 23.7. The van der Waals surface area contributed by atoms with Gasteiger partial charge in [0.2, 0.25) is 0 Å². The molecule has 1 saturated carbocycles. The molecule has 1 aliphatic rings. The summed E-state index contributed by atoms with van der Waals surface area (Å²) in [5.41, 5.74) is 7.68. The van der Waals surface area contributed by atoms with Gasteiger partial charge in [0.15, 0.2) is 0 Å². The van der Waals surface area contributed by atoms with Crippen LogP contribution in [0.2, 0.25) is 0 Å². The van der Waals surface area contributed by atoms with Crippen LogP contribution in [-0.2, 0) is 13.6 Å². The van der Waals surface area contributed by atoms with Gasteiger partial charge in [-0.1, -0.05) is 24.3 Å². The van der Waals surface area contributed by atoms with Crippen LogP contribution in [0.3, 0.4) is 0 Å². The van der Waals surface area contributed by atoms with E-state index in [1.54, 1.807) is 18.0 Å². The first kappa shape index (κ1) is 21.9. The molecule has 172 valence electrons. The van der Waals surface area contributed by atoms with E-state index >= 15 is 0 Å². The van der Waals surface area contributed by atoms with Crippen molar-refractivity contribution in [3.8, 4) is 28.0 Å². The molecular weight excluding hydrogens is 424 g/mol. The largest absolute Gasteiger partial charge is 0.496 e. The van der Waals surface area contributed by atoms with Crippen molar-refractivity contribution in [2.75, 3.05) is 7.11 Å². The van der Waals surface area contributed by atoms with Crippen molar-refractivity contribution in [1.82, 2.24) is 20.1 Å². The first-order valence-corrected chi connectivity index (χ1v) is 11.5. The number of aryl methyl sites for hydroxylation is 2. The number of pyridine rings is 1. The second-order valence-electron chi connectivity index (χ2n) is 8.95. The summed E-state index contributed by atoms with van der Waals surface area (Å²) in [5.74, 6) is 1.38. The second-order valence-corrected chi connectivity index (χ2v) is 8.95. The average molecular weight is 453 g/mol. The molecule has 0 spiro atoms. The molecule has 34 heavy (non-hydrogen) atoms. The van der Waals surface area contributed by atoms with Crippen LogP contribution in [0.15, 0.2) is 67.3 Å². The Bertz CT molecular complexity index is 1350. The fourth-order valence-corrected chi connectivity index (χ4v) is 4.32. The summed E-state index contributed by atoms with van der Waals surface area (Å²) in [5, 5.41) is 7.41. The number of ether oxygens (including phenoxy) is 1. The first-order chi connectivity index (χ1) is 16.5. The minimum atomic E-state index is -0.120. The molecule has 6 heteroatoms. The van der Waals surface area contributed by atoms with Gasteiger partial charge in [0.1, 0.15) is 5.75 Å². The molecule has 1 aliphatic carbocycles. The SMILES string of the molecule is COc1ccc(CNC(=O)c2cc(-c3cncc(C)c3)ccc2-c2cnn(C)c2)cc1C1CC1. The third-order valence-corrected chi connectivity index (χ3v) is 6.25. The topological polar surface area (TPSA) is 69.0 Å². The number of nitrogens with zero attached hydrogens (tertiary/aromatic N) is 3. The zero-order valence-corrected chi connectivity index (χ0v) is 19.7. The highest BCUT2D eigenvalue weighted by Gasteiger charge is 2.27. The number of carbonyl (C=O) groups excluding carboxylic acids is 1. The Balaban J connectivity index is 1.45. The van der Waals surface area contributed by atoms with E-state index in [1.807, 2.05) is 62.9 Å². The molecule has 0 atom stereocenters. The maximum Gasteiger partial charge on any atom is 0.252 e. The van der Waals surface area contributed by atoms with Gasteiger partial charge in [0, 0.05) is 48.9 Å². The highest BCUT2D eigenvalue weighted by atomic mass is 16.5. The number of aromatic nitrogens is 3. The highest BCUT2D eigenvalue weighted by Crippen LogP contribution is 2.44. The average Bonchev–Trinajstić information content (AvgIpc) is 3.62. The van der Waals surface area contributed by atoms with Gasteiger partial charge in [0.25, 0.3) is 5.91 Å². The smallest absolute Gasteiger partial charge is 0.252 e. The summed E-state index contributed by atoms with van der Waals surface area (Å²) >= 11 is 0. The van der Waals surface area contributed by atoms with Gasteiger partial charge >= 0.3 is 0 Å². The minimum Gasteiger partial charge on any atom is -0.496 e. The maximum atomic E-state index is 13.4. The van der Waals surface area contributed by atoms with E-state index in [-0.39, 0.29) is 5.91 Å². The van der Waals surface area contributed by atoms with Gasteiger partial charge in [-0.2, -0.15) is 5.10 Å². The molecule has 2 aromatic heterocycles. The molecule has 5 rings (SSSR count). The quantitative estimate of drug-likeness (QED) is 0.415. The Kier molecular flexibility index (Phi) is 5.88. The van der Waals surface area contributed by atoms with Gasteiger partial charge in [-0.25, -0.2) is 0 Å². The van der Waals surface area contributed by atoms with Crippen molar-refractivity contribution in [3.63, 3.8) is 0 Å². The van der Waals surface area contributed by atoms with Crippen LogP contribution in [0, 0.1) is 6.92 Å². The molecule has 2 heterocycles. The summed E-state index contributed by atoms with van der Waals surface area (Å²) in [6, 6.07) is 14.2. The lowest BCUT2D eigenvalue weighted by Crippen LogP contribution is -2.23. The van der Waals surface area contributed by atoms with E-state index < -0.39 is 0 Å². The van der Waals surface area contributed by atoms with Crippen LogP contribution in [0.25, 0.3) is 22.3 Å². The maximum absolute atomic E-state index is 13.4. The summed E-state index contributed by atoms with van der Waals surface area (Å²) in [6.07, 6.45) is 9.75. The molecule has 0 aliphatic heterocycles. The number of hydrogen-bond acceptors (Lipinski definition) is 4. The molecule has 0 bridgehead atoms. The number of amides is 1. The van der Waals surface area contributed by atoms with Crippen LogP contribution in [0.5, 0.6) is 5.75 Å². The van der Waals surface area contributed by atoms with Crippen LogP contribution in [0.1, 0.15) is 45.8 Å². The molecule has 1 N–H and O–H groups in total. The predicted octanol–water partition coefficient (Wildman–Crippen LogP) is 5.27. The van der Waals surface area contributed by atoms with E-state index in [0.717, 1.165) is 39.1 Å². The molecule has 1 amide bonds. The fourth-order valence-electron chi connectivity index (χ4n) is 4.32. The minimum absolute atomic E-state index is 0.120. The lowest BCUT2D eigenvalue weighted by atomic mass is 9.96. The van der Waals surface area contributed by atoms with Gasteiger partial charge in [-0.05, 0) is 71.7 Å². The van der Waals surface area contributed by atoms with Gasteiger partial charge < -0.3 is 10.1 Å². The molecule has 2 aromatic carbocycles. The zero-order valence-electron chi connectivity index (χ0n) is 19.7. The lowest BCUT2D eigenvalue weighted by molar-refractivity contribution is 0.0951. The van der Waals surface area contributed by atoms with Gasteiger partial charge in [-0.15, -0.1) is 0 Å². The summed E-state index contributed by atoms with van der Waals surface area (Å²) in [4.78, 5) is 17.8. The fraction of sp³-hybridized carbons (Fsp3) is 0.250. The third kappa shape index (κ3) is 4.57. The second kappa shape index (κ2) is 9.14. The monoisotopic (exact) mass is 452 g/mol. The van der Waals surface area contributed by atoms with E-state index in [0.29, 0.717) is 18.0 Å². The summed E-state index contributed by atoms with van der Waals surface area (Å²) in [6.45, 7) is 2.46. The van der Waals surface area contributed by atoms with E-state index in [1.165, 1.54) is 18.4 Å². The molecule has 6 nitrogen and oxygen atoms in total. The van der Waals surface area contributed by atoms with Gasteiger partial charge in [-0.3, -0.25) is 14.5 Å². The summed E-state index contributed by atoms with van der Waals surface area (Å²) < 4.78 is 7.27. The van der Waals surface area contributed by atoms with Crippen molar-refractivity contribution < 1.29 is 9.53 Å². The van der Waals surface area contributed by atoms with Crippen LogP contribution in [-0.4, -0.2) is 27.8 Å². The normalized spacial score (nSPS) is 13.0. The Morgan fingerprint density at radius 3 is 2.62 bits per heavy atom. The van der Waals surface area contributed by atoms with Crippen LogP contribution >= 0.6 is 0 Å². The highest BCUT2D eigenvalue weighted by molar-refractivity contribution is 6.02. The van der Waals surface area contributed by atoms with Crippen molar-refractivity contribution in [2.24, 2.45) is 7.05 Å². The Hall–Kier alpha value is -3.93. The Morgan fingerprint density at radius 1 is 1.06 bits per heavy atom. The number of rotatable bonds is 7. The number of methoxy groups -OCH3 is 1. The number of nitrogens with one attached hydrogen (secondary N) is 1. The standard InChI is InChI=1S/C28H28N4O2/c1-18-10-22(15-29-13-18)21-7-8-24(23-16-31-32(2)17-23)26(12-21)28(33)30-14-19-4-9-27(34-3)25(11-19)20-5-6-20/h4,7-13,15-17,20H,5-6,14H2,1-3H3,(H,30,33). The van der Waals surface area contributed by atoms with E-state index in [2.05, 4.69) is 27.5 Å². The predicted molar refractivity (Wildman–Crippen MR) is 133 cm³/mol. The third-order valence-electron chi connectivity index (χ3n) is 6.25. The Morgan fingerprint density at radius 2 is 1.91 bits per heavy atom. The van der Waals surface area contributed by atoms with Crippen molar-refractivity contribution >= 4 is 5.91 Å². The van der Waals surface area contributed by atoms with Crippen molar-refractivity contribution in [3.05, 3.63) is 89.5 Å². The lowest BCUT2D eigenvalue weighted by Gasteiger charge is -2.13. The van der Waals surface area contributed by atoms with Gasteiger partial charge in [0.05, 0.1) is 13.3 Å². The van der Waals surface area contributed by atoms with Crippen molar-refractivity contribution in [1.29, 1.82) is 0 Å². The molecule has 0 saturated heterocycles. The van der Waals surface area contributed by atoms with Crippen LogP contribution < -0.4 is 10.1 Å². The number of hydrogen-bond donors (Lipinski definition) is 1. The molecule has 0 unspecified atom stereocenters. The van der Waals surface area contributed by atoms with Crippen molar-refractivity contribution in [2.45, 2.75) is 32.2 Å². The Labute approximate surface area is 199 Å². The molecular formula is C28H28N4O2.